The summed E-state index contributed by atoms with van der Waals surface area (Å²) in [5.74, 6) is -0.570. The van der Waals surface area contributed by atoms with Gasteiger partial charge >= 0.3 is 0 Å². The number of rotatable bonds is 7. The maximum atomic E-state index is 12.4. The predicted molar refractivity (Wildman–Crippen MR) is 73.3 cm³/mol. The number of anilines is 1. The van der Waals surface area contributed by atoms with Crippen LogP contribution >= 0.6 is 0 Å². The summed E-state index contributed by atoms with van der Waals surface area (Å²) < 4.78 is 4.89. The van der Waals surface area contributed by atoms with Crippen molar-refractivity contribution >= 4 is 17.4 Å². The number of nitrogens with zero attached hydrogens (tertiary/aromatic N) is 4. The van der Waals surface area contributed by atoms with E-state index in [-0.39, 0.29) is 37.5 Å². The standard InChI is InChI=1S/C12H15N5O4/c1-21-6-5-16(4-2-3-13)12(18)9-7-11(14)15-8-10(9)17(19)20/h7-8H,2,4-6H2,1H3,(H2,14,15). The highest BCUT2D eigenvalue weighted by atomic mass is 16.6. The molecule has 1 rings (SSSR count). The number of pyridine rings is 1. The Morgan fingerprint density at radius 2 is 2.33 bits per heavy atom. The van der Waals surface area contributed by atoms with Gasteiger partial charge in [-0.1, -0.05) is 0 Å². The number of nitro groups is 1. The van der Waals surface area contributed by atoms with Gasteiger partial charge < -0.3 is 15.4 Å². The summed E-state index contributed by atoms with van der Waals surface area (Å²) in [6.45, 7) is 0.625. The average molecular weight is 293 g/mol. The second-order valence-electron chi connectivity index (χ2n) is 4.08. The molecule has 0 unspecified atom stereocenters. The van der Waals surface area contributed by atoms with Gasteiger partial charge in [-0.3, -0.25) is 14.9 Å². The van der Waals surface area contributed by atoms with Gasteiger partial charge in [-0.05, 0) is 6.07 Å². The molecule has 0 aliphatic heterocycles. The molecule has 0 atom stereocenters. The number of nitriles is 1. The molecule has 0 aliphatic carbocycles. The van der Waals surface area contributed by atoms with E-state index in [1.807, 2.05) is 6.07 Å². The first kappa shape index (κ1) is 16.3. The van der Waals surface area contributed by atoms with Gasteiger partial charge in [0.15, 0.2) is 0 Å². The molecule has 1 aromatic heterocycles. The minimum absolute atomic E-state index is 0.0101. The third-order valence-corrected chi connectivity index (χ3v) is 2.68. The van der Waals surface area contributed by atoms with E-state index in [9.17, 15) is 14.9 Å². The van der Waals surface area contributed by atoms with Crippen LogP contribution in [0, 0.1) is 21.4 Å². The second-order valence-corrected chi connectivity index (χ2v) is 4.08. The van der Waals surface area contributed by atoms with Gasteiger partial charge in [0, 0.05) is 20.2 Å². The summed E-state index contributed by atoms with van der Waals surface area (Å²) in [5, 5.41) is 19.6. The third kappa shape index (κ3) is 4.39. The number of nitrogens with two attached hydrogens (primary N) is 1. The first-order valence-corrected chi connectivity index (χ1v) is 6.06. The van der Waals surface area contributed by atoms with Crippen LogP contribution in [0.1, 0.15) is 16.8 Å². The van der Waals surface area contributed by atoms with Crippen LogP contribution in [-0.2, 0) is 4.74 Å². The number of ether oxygens (including phenoxy) is 1. The van der Waals surface area contributed by atoms with Crippen molar-refractivity contribution in [3.63, 3.8) is 0 Å². The number of hydrogen-bond donors (Lipinski definition) is 1. The molecule has 9 nitrogen and oxygen atoms in total. The van der Waals surface area contributed by atoms with E-state index in [0.717, 1.165) is 12.3 Å². The molecule has 1 heterocycles. The fourth-order valence-electron chi connectivity index (χ4n) is 1.65. The lowest BCUT2D eigenvalue weighted by Crippen LogP contribution is -2.35. The predicted octanol–water partition coefficient (Wildman–Crippen LogP) is 0.574. The van der Waals surface area contributed by atoms with Gasteiger partial charge in [-0.2, -0.15) is 5.26 Å². The molecule has 9 heteroatoms. The van der Waals surface area contributed by atoms with Gasteiger partial charge in [0.25, 0.3) is 11.6 Å². The summed E-state index contributed by atoms with van der Waals surface area (Å²) in [7, 11) is 1.47. The highest BCUT2D eigenvalue weighted by Crippen LogP contribution is 2.21. The molecule has 112 valence electrons. The van der Waals surface area contributed by atoms with Crippen LogP contribution in [0.3, 0.4) is 0 Å². The lowest BCUT2D eigenvalue weighted by atomic mass is 10.2. The molecule has 0 spiro atoms. The van der Waals surface area contributed by atoms with E-state index in [4.69, 9.17) is 15.7 Å². The second kappa shape index (κ2) is 7.76. The van der Waals surface area contributed by atoms with Gasteiger partial charge in [0.2, 0.25) is 0 Å². The van der Waals surface area contributed by atoms with E-state index >= 15 is 0 Å². The Morgan fingerprint density at radius 1 is 1.62 bits per heavy atom. The van der Waals surface area contributed by atoms with Crippen molar-refractivity contribution in [1.29, 1.82) is 5.26 Å². The minimum atomic E-state index is -0.696. The monoisotopic (exact) mass is 293 g/mol. The molecular formula is C12H15N5O4. The zero-order chi connectivity index (χ0) is 15.8. The summed E-state index contributed by atoms with van der Waals surface area (Å²) >= 11 is 0. The van der Waals surface area contributed by atoms with E-state index < -0.39 is 16.5 Å². The molecule has 0 fully saturated rings. The Kier molecular flexibility index (Phi) is 6.03. The van der Waals surface area contributed by atoms with Crippen LogP contribution in [-0.4, -0.2) is 47.5 Å². The quantitative estimate of drug-likeness (QED) is 0.573. The molecular weight excluding hydrogens is 278 g/mol. The zero-order valence-electron chi connectivity index (χ0n) is 11.5. The number of aromatic nitrogens is 1. The number of nitrogen functional groups attached to an aromatic ring is 1. The summed E-state index contributed by atoms with van der Waals surface area (Å²) in [4.78, 5) is 27.6. The van der Waals surface area contributed by atoms with Gasteiger partial charge in [-0.25, -0.2) is 4.98 Å². The number of amides is 1. The fraction of sp³-hybridized carbons (Fsp3) is 0.417. The number of carbonyl (C=O) groups is 1. The highest BCUT2D eigenvalue weighted by Gasteiger charge is 2.25. The van der Waals surface area contributed by atoms with Crippen molar-refractivity contribution in [2.45, 2.75) is 6.42 Å². The topological polar surface area (TPSA) is 135 Å². The molecule has 0 bridgehead atoms. The van der Waals surface area contributed by atoms with Crippen LogP contribution in [0.2, 0.25) is 0 Å². The fourth-order valence-corrected chi connectivity index (χ4v) is 1.65. The van der Waals surface area contributed by atoms with E-state index in [2.05, 4.69) is 4.98 Å². The Hall–Kier alpha value is -2.73. The molecule has 0 radical (unpaired) electrons. The molecule has 21 heavy (non-hydrogen) atoms. The smallest absolute Gasteiger partial charge is 0.300 e. The van der Waals surface area contributed by atoms with Crippen molar-refractivity contribution in [2.75, 3.05) is 32.5 Å². The summed E-state index contributed by atoms with van der Waals surface area (Å²) in [6, 6.07) is 3.08. The van der Waals surface area contributed by atoms with Crippen molar-refractivity contribution in [3.8, 4) is 6.07 Å². The SMILES string of the molecule is COCCN(CCC#N)C(=O)c1cc(N)ncc1[N+](=O)[O-]. The van der Waals surface area contributed by atoms with Crippen LogP contribution < -0.4 is 5.73 Å². The normalized spacial score (nSPS) is 9.90. The molecule has 2 N–H and O–H groups in total. The van der Waals surface area contributed by atoms with E-state index in [1.54, 1.807) is 0 Å². The maximum absolute atomic E-state index is 12.4. The number of carbonyl (C=O) groups excluding carboxylic acids is 1. The van der Waals surface area contributed by atoms with Crippen molar-refractivity contribution in [1.82, 2.24) is 9.88 Å². The Balaban J connectivity index is 3.09. The van der Waals surface area contributed by atoms with Crippen LogP contribution in [0.25, 0.3) is 0 Å². The number of hydrogen-bond acceptors (Lipinski definition) is 7. The average Bonchev–Trinajstić information content (AvgIpc) is 2.46. The first-order chi connectivity index (χ1) is 10.0. The van der Waals surface area contributed by atoms with Crippen LogP contribution in [0.4, 0.5) is 11.5 Å². The van der Waals surface area contributed by atoms with Gasteiger partial charge in [0.05, 0.1) is 24.0 Å². The van der Waals surface area contributed by atoms with Gasteiger partial charge in [-0.15, -0.1) is 0 Å². The Bertz CT molecular complexity index is 569. The Labute approximate surface area is 121 Å². The van der Waals surface area contributed by atoms with E-state index in [0.29, 0.717) is 0 Å². The number of methoxy groups -OCH3 is 1. The third-order valence-electron chi connectivity index (χ3n) is 2.68. The highest BCUT2D eigenvalue weighted by molar-refractivity contribution is 5.98. The summed E-state index contributed by atoms with van der Waals surface area (Å²) in [6.07, 6.45) is 1.06. The zero-order valence-corrected chi connectivity index (χ0v) is 11.5. The van der Waals surface area contributed by atoms with Crippen LogP contribution in [0.5, 0.6) is 0 Å². The maximum Gasteiger partial charge on any atom is 0.300 e. The Morgan fingerprint density at radius 3 is 2.90 bits per heavy atom. The van der Waals surface area contributed by atoms with Gasteiger partial charge in [0.1, 0.15) is 17.6 Å². The van der Waals surface area contributed by atoms with Crippen LogP contribution in [0.15, 0.2) is 12.3 Å². The van der Waals surface area contributed by atoms with E-state index in [1.165, 1.54) is 12.0 Å². The van der Waals surface area contributed by atoms with Crippen molar-refractivity contribution < 1.29 is 14.5 Å². The molecule has 1 amide bonds. The lowest BCUT2D eigenvalue weighted by Gasteiger charge is -2.21. The molecule has 0 saturated heterocycles. The first-order valence-electron chi connectivity index (χ1n) is 6.06. The largest absolute Gasteiger partial charge is 0.384 e. The van der Waals surface area contributed by atoms with Crippen molar-refractivity contribution in [3.05, 3.63) is 27.9 Å². The minimum Gasteiger partial charge on any atom is -0.384 e. The molecule has 0 aromatic carbocycles. The molecule has 0 aliphatic rings. The lowest BCUT2D eigenvalue weighted by molar-refractivity contribution is -0.385. The summed E-state index contributed by atoms with van der Waals surface area (Å²) in [5.41, 5.74) is 4.91. The molecule has 0 saturated carbocycles. The van der Waals surface area contributed by atoms with Crippen molar-refractivity contribution in [2.24, 2.45) is 0 Å². The molecule has 1 aromatic rings.